The highest BCUT2D eigenvalue weighted by atomic mass is 79.9. The number of hydrogen-bond donors (Lipinski definition) is 2. The van der Waals surface area contributed by atoms with E-state index in [9.17, 15) is 13.2 Å². The Labute approximate surface area is 120 Å². The molecule has 0 heterocycles. The second-order valence-electron chi connectivity index (χ2n) is 4.60. The van der Waals surface area contributed by atoms with Crippen molar-refractivity contribution < 1.29 is 18.3 Å². The predicted molar refractivity (Wildman–Crippen MR) is 73.6 cm³/mol. The van der Waals surface area contributed by atoms with E-state index in [1.165, 1.54) is 12.1 Å². The van der Waals surface area contributed by atoms with Gasteiger partial charge in [-0.25, -0.2) is 17.9 Å². The molecule has 7 heteroatoms. The van der Waals surface area contributed by atoms with Crippen LogP contribution in [-0.4, -0.2) is 26.0 Å². The lowest BCUT2D eigenvalue weighted by Crippen LogP contribution is -2.32. The van der Waals surface area contributed by atoms with Gasteiger partial charge in [0.1, 0.15) is 0 Å². The third-order valence-corrected chi connectivity index (χ3v) is 5.38. The number of aromatic carboxylic acids is 1. The standard InChI is InChI=1S/C12H14BrNO4S/c13-11-5-4-9(6-10(11)12(15)16)19(17,18)14-7-8-2-1-3-8/h4-6,8,14H,1-3,7H2,(H,15,16). The monoisotopic (exact) mass is 347 g/mol. The van der Waals surface area contributed by atoms with Crippen LogP contribution in [0.4, 0.5) is 0 Å². The first-order valence-corrected chi connectivity index (χ1v) is 8.20. The van der Waals surface area contributed by atoms with E-state index in [1.54, 1.807) is 0 Å². The van der Waals surface area contributed by atoms with E-state index in [0.29, 0.717) is 16.9 Å². The molecule has 1 fully saturated rings. The Hall–Kier alpha value is -0.920. The molecule has 1 saturated carbocycles. The summed E-state index contributed by atoms with van der Waals surface area (Å²) in [4.78, 5) is 11.0. The summed E-state index contributed by atoms with van der Waals surface area (Å²) in [5, 5.41) is 8.98. The second kappa shape index (κ2) is 5.60. The highest BCUT2D eigenvalue weighted by Gasteiger charge is 2.22. The molecule has 0 amide bonds. The molecule has 5 nitrogen and oxygen atoms in total. The Balaban J connectivity index is 2.19. The van der Waals surface area contributed by atoms with Crippen molar-refractivity contribution in [3.63, 3.8) is 0 Å². The van der Waals surface area contributed by atoms with Gasteiger partial charge in [0.05, 0.1) is 10.5 Å². The number of carbonyl (C=O) groups is 1. The first-order chi connectivity index (χ1) is 8.90. The molecule has 1 aromatic rings. The topological polar surface area (TPSA) is 83.5 Å². The highest BCUT2D eigenvalue weighted by Crippen LogP contribution is 2.26. The van der Waals surface area contributed by atoms with Gasteiger partial charge in [0, 0.05) is 11.0 Å². The van der Waals surface area contributed by atoms with Gasteiger partial charge in [-0.3, -0.25) is 0 Å². The van der Waals surface area contributed by atoms with Crippen LogP contribution in [0.15, 0.2) is 27.6 Å². The normalized spacial score (nSPS) is 16.1. The van der Waals surface area contributed by atoms with E-state index in [-0.39, 0.29) is 10.5 Å². The molecule has 2 N–H and O–H groups in total. The molecule has 0 unspecified atom stereocenters. The molecule has 1 aromatic carbocycles. The molecule has 1 aliphatic rings. The predicted octanol–water partition coefficient (Wildman–Crippen LogP) is 2.23. The van der Waals surface area contributed by atoms with Gasteiger partial charge in [0.15, 0.2) is 0 Å². The van der Waals surface area contributed by atoms with Crippen molar-refractivity contribution in [3.05, 3.63) is 28.2 Å². The maximum Gasteiger partial charge on any atom is 0.336 e. The molecule has 0 saturated heterocycles. The van der Waals surface area contributed by atoms with Gasteiger partial charge in [-0.1, -0.05) is 6.42 Å². The molecule has 0 spiro atoms. The van der Waals surface area contributed by atoms with Crippen LogP contribution in [-0.2, 0) is 10.0 Å². The van der Waals surface area contributed by atoms with Gasteiger partial charge in [-0.2, -0.15) is 0 Å². The Morgan fingerprint density at radius 1 is 1.42 bits per heavy atom. The number of sulfonamides is 1. The largest absolute Gasteiger partial charge is 0.478 e. The van der Waals surface area contributed by atoms with Crippen molar-refractivity contribution in [2.24, 2.45) is 5.92 Å². The number of rotatable bonds is 5. The molecule has 0 aliphatic heterocycles. The summed E-state index contributed by atoms with van der Waals surface area (Å²) in [6, 6.07) is 3.98. The molecule has 2 rings (SSSR count). The summed E-state index contributed by atoms with van der Waals surface area (Å²) in [5.41, 5.74) is -0.0634. The summed E-state index contributed by atoms with van der Waals surface area (Å²) in [6.07, 6.45) is 3.24. The maximum absolute atomic E-state index is 12.0. The molecule has 19 heavy (non-hydrogen) atoms. The minimum absolute atomic E-state index is 0.0209. The maximum atomic E-state index is 12.0. The number of carboxylic acid groups (broad SMARTS) is 1. The quantitative estimate of drug-likeness (QED) is 0.855. The lowest BCUT2D eigenvalue weighted by atomic mass is 9.86. The SMILES string of the molecule is O=C(O)c1cc(S(=O)(=O)NCC2CCC2)ccc1Br. The third-order valence-electron chi connectivity index (χ3n) is 3.27. The number of halogens is 1. The fourth-order valence-corrected chi connectivity index (χ4v) is 3.40. The van der Waals surface area contributed by atoms with Gasteiger partial charge in [0.2, 0.25) is 10.0 Å². The van der Waals surface area contributed by atoms with E-state index < -0.39 is 16.0 Å². The minimum Gasteiger partial charge on any atom is -0.478 e. The van der Waals surface area contributed by atoms with Crippen molar-refractivity contribution in [3.8, 4) is 0 Å². The third kappa shape index (κ3) is 3.34. The zero-order valence-electron chi connectivity index (χ0n) is 10.1. The van der Waals surface area contributed by atoms with Crippen molar-refractivity contribution in [2.45, 2.75) is 24.2 Å². The van der Waals surface area contributed by atoms with Crippen LogP contribution < -0.4 is 4.72 Å². The van der Waals surface area contributed by atoms with E-state index in [4.69, 9.17) is 5.11 Å². The summed E-state index contributed by atoms with van der Waals surface area (Å²) < 4.78 is 27.0. The first kappa shape index (κ1) is 14.5. The summed E-state index contributed by atoms with van der Waals surface area (Å²) in [6.45, 7) is 0.417. The van der Waals surface area contributed by atoms with Crippen LogP contribution in [0, 0.1) is 5.92 Å². The molecule has 0 aromatic heterocycles. The first-order valence-electron chi connectivity index (χ1n) is 5.92. The van der Waals surface area contributed by atoms with E-state index in [1.807, 2.05) is 0 Å². The van der Waals surface area contributed by atoms with Crippen molar-refractivity contribution in [1.29, 1.82) is 0 Å². The average molecular weight is 348 g/mol. The van der Waals surface area contributed by atoms with Crippen molar-refractivity contribution in [2.75, 3.05) is 6.54 Å². The second-order valence-corrected chi connectivity index (χ2v) is 7.22. The molecular formula is C12H14BrNO4S. The molecule has 0 atom stereocenters. The Kier molecular flexibility index (Phi) is 4.27. The molecular weight excluding hydrogens is 334 g/mol. The summed E-state index contributed by atoms with van der Waals surface area (Å²) in [5.74, 6) is -0.757. The van der Waals surface area contributed by atoms with Crippen LogP contribution in [0.1, 0.15) is 29.6 Å². The smallest absolute Gasteiger partial charge is 0.336 e. The van der Waals surface area contributed by atoms with Crippen molar-refractivity contribution >= 4 is 31.9 Å². The van der Waals surface area contributed by atoms with Gasteiger partial charge in [0.25, 0.3) is 0 Å². The molecule has 0 bridgehead atoms. The average Bonchev–Trinajstić information content (AvgIpc) is 2.26. The zero-order valence-corrected chi connectivity index (χ0v) is 12.5. The van der Waals surface area contributed by atoms with Crippen LogP contribution in [0.25, 0.3) is 0 Å². The van der Waals surface area contributed by atoms with Crippen LogP contribution in [0.2, 0.25) is 0 Å². The van der Waals surface area contributed by atoms with Crippen LogP contribution in [0.3, 0.4) is 0 Å². The lowest BCUT2D eigenvalue weighted by Gasteiger charge is -2.25. The molecule has 1 aliphatic carbocycles. The number of benzene rings is 1. The number of hydrogen-bond acceptors (Lipinski definition) is 3. The zero-order chi connectivity index (χ0) is 14.0. The van der Waals surface area contributed by atoms with Gasteiger partial charge in [-0.05, 0) is 52.9 Å². The molecule has 0 radical (unpaired) electrons. The van der Waals surface area contributed by atoms with Gasteiger partial charge in [-0.15, -0.1) is 0 Å². The van der Waals surface area contributed by atoms with Crippen LogP contribution >= 0.6 is 15.9 Å². The fourth-order valence-electron chi connectivity index (χ4n) is 1.84. The Morgan fingerprint density at radius 3 is 2.63 bits per heavy atom. The Bertz CT molecular complexity index is 596. The van der Waals surface area contributed by atoms with Crippen molar-refractivity contribution in [1.82, 2.24) is 4.72 Å². The summed E-state index contributed by atoms with van der Waals surface area (Å²) >= 11 is 3.08. The number of nitrogens with one attached hydrogen (secondary N) is 1. The van der Waals surface area contributed by atoms with Crippen LogP contribution in [0.5, 0.6) is 0 Å². The van der Waals surface area contributed by atoms with Gasteiger partial charge >= 0.3 is 5.97 Å². The summed E-state index contributed by atoms with van der Waals surface area (Å²) in [7, 11) is -3.64. The fraction of sp³-hybridized carbons (Fsp3) is 0.417. The Morgan fingerprint density at radius 2 is 2.11 bits per heavy atom. The highest BCUT2D eigenvalue weighted by molar-refractivity contribution is 9.10. The lowest BCUT2D eigenvalue weighted by molar-refractivity contribution is 0.0695. The van der Waals surface area contributed by atoms with E-state index in [2.05, 4.69) is 20.7 Å². The minimum atomic E-state index is -3.64. The van der Waals surface area contributed by atoms with Gasteiger partial charge < -0.3 is 5.11 Å². The van der Waals surface area contributed by atoms with E-state index >= 15 is 0 Å². The van der Waals surface area contributed by atoms with E-state index in [0.717, 1.165) is 25.3 Å². The number of carboxylic acids is 1. The molecule has 104 valence electrons.